The van der Waals surface area contributed by atoms with E-state index in [0.29, 0.717) is 11.8 Å². The number of nitrogens with one attached hydrogen (secondary N) is 1. The zero-order chi connectivity index (χ0) is 13.4. The lowest BCUT2D eigenvalue weighted by Crippen LogP contribution is -2.39. The molecule has 1 N–H and O–H groups in total. The number of amides is 1. The average Bonchev–Trinajstić information content (AvgIpc) is 2.39. The van der Waals surface area contributed by atoms with Crippen molar-refractivity contribution in [1.82, 2.24) is 10.2 Å². The fraction of sp³-hybridized carbons (Fsp3) is 0.933. The molecule has 1 fully saturated rings. The number of hydrogen-bond acceptors (Lipinski definition) is 2. The minimum atomic E-state index is 0.256. The van der Waals surface area contributed by atoms with Crippen LogP contribution in [0.3, 0.4) is 0 Å². The molecule has 0 unspecified atom stereocenters. The molecule has 1 saturated heterocycles. The smallest absolute Gasteiger partial charge is 0.225 e. The number of nitrogens with zero attached hydrogens (tertiary/aromatic N) is 1. The Bertz CT molecular complexity index is 231. The third kappa shape index (κ3) is 4.97. The lowest BCUT2D eigenvalue weighted by molar-refractivity contribution is -0.135. The fourth-order valence-electron chi connectivity index (χ4n) is 2.94. The molecule has 18 heavy (non-hydrogen) atoms. The van der Waals surface area contributed by atoms with Gasteiger partial charge in [-0.05, 0) is 44.7 Å². The van der Waals surface area contributed by atoms with Crippen molar-refractivity contribution in [3.05, 3.63) is 0 Å². The van der Waals surface area contributed by atoms with E-state index in [-0.39, 0.29) is 5.92 Å². The molecule has 0 aliphatic carbocycles. The van der Waals surface area contributed by atoms with Crippen molar-refractivity contribution >= 4 is 5.91 Å². The Labute approximate surface area is 112 Å². The molecule has 0 aromatic rings. The predicted molar refractivity (Wildman–Crippen MR) is 76.5 cm³/mol. The SMILES string of the molecule is CCCC(CCC)C(=O)N(C)CC1CCNCC1. The van der Waals surface area contributed by atoms with E-state index >= 15 is 0 Å². The molecule has 1 aliphatic rings. The van der Waals surface area contributed by atoms with Gasteiger partial charge in [0.2, 0.25) is 5.91 Å². The Morgan fingerprint density at radius 1 is 1.22 bits per heavy atom. The van der Waals surface area contributed by atoms with Crippen molar-refractivity contribution in [2.45, 2.75) is 52.4 Å². The summed E-state index contributed by atoms with van der Waals surface area (Å²) in [4.78, 5) is 14.4. The third-order valence-electron chi connectivity index (χ3n) is 3.99. The average molecular weight is 254 g/mol. The molecule has 0 saturated carbocycles. The highest BCUT2D eigenvalue weighted by molar-refractivity contribution is 5.78. The molecular weight excluding hydrogens is 224 g/mol. The maximum Gasteiger partial charge on any atom is 0.225 e. The molecule has 106 valence electrons. The van der Waals surface area contributed by atoms with Gasteiger partial charge < -0.3 is 10.2 Å². The van der Waals surface area contributed by atoms with E-state index in [2.05, 4.69) is 19.2 Å². The summed E-state index contributed by atoms with van der Waals surface area (Å²) in [5.74, 6) is 1.33. The highest BCUT2D eigenvalue weighted by atomic mass is 16.2. The largest absolute Gasteiger partial charge is 0.345 e. The van der Waals surface area contributed by atoms with Crippen molar-refractivity contribution in [3.8, 4) is 0 Å². The zero-order valence-corrected chi connectivity index (χ0v) is 12.4. The Balaban J connectivity index is 2.41. The van der Waals surface area contributed by atoms with E-state index in [0.717, 1.165) is 45.3 Å². The van der Waals surface area contributed by atoms with Gasteiger partial charge in [-0.3, -0.25) is 4.79 Å². The van der Waals surface area contributed by atoms with E-state index in [1.165, 1.54) is 12.8 Å². The lowest BCUT2D eigenvalue weighted by Gasteiger charge is -2.30. The Morgan fingerprint density at radius 2 is 1.78 bits per heavy atom. The fourth-order valence-corrected chi connectivity index (χ4v) is 2.94. The zero-order valence-electron chi connectivity index (χ0n) is 12.4. The van der Waals surface area contributed by atoms with E-state index < -0.39 is 0 Å². The molecule has 0 spiro atoms. The first kappa shape index (κ1) is 15.5. The second kappa shape index (κ2) is 8.52. The second-order valence-electron chi connectivity index (χ2n) is 5.69. The number of rotatable bonds is 7. The van der Waals surface area contributed by atoms with Crippen molar-refractivity contribution in [1.29, 1.82) is 0 Å². The van der Waals surface area contributed by atoms with Crippen LogP contribution >= 0.6 is 0 Å². The summed E-state index contributed by atoms with van der Waals surface area (Å²) in [6.07, 6.45) is 6.73. The Hall–Kier alpha value is -0.570. The van der Waals surface area contributed by atoms with Crippen molar-refractivity contribution in [3.63, 3.8) is 0 Å². The summed E-state index contributed by atoms with van der Waals surface area (Å²) in [7, 11) is 1.99. The molecule has 1 amide bonds. The van der Waals surface area contributed by atoms with Gasteiger partial charge in [0.1, 0.15) is 0 Å². The number of piperidine rings is 1. The second-order valence-corrected chi connectivity index (χ2v) is 5.69. The van der Waals surface area contributed by atoms with Gasteiger partial charge in [-0.1, -0.05) is 26.7 Å². The highest BCUT2D eigenvalue weighted by Gasteiger charge is 2.23. The number of hydrogen-bond donors (Lipinski definition) is 1. The molecule has 3 heteroatoms. The number of carbonyl (C=O) groups excluding carboxylic acids is 1. The molecular formula is C15H30N2O. The van der Waals surface area contributed by atoms with Crippen LogP contribution in [-0.4, -0.2) is 37.5 Å². The molecule has 1 heterocycles. The van der Waals surface area contributed by atoms with Gasteiger partial charge in [-0.25, -0.2) is 0 Å². The molecule has 0 aromatic carbocycles. The summed E-state index contributed by atoms with van der Waals surface area (Å²) in [6.45, 7) is 7.51. The first-order valence-corrected chi connectivity index (χ1v) is 7.64. The van der Waals surface area contributed by atoms with E-state index in [9.17, 15) is 4.79 Å². The van der Waals surface area contributed by atoms with Gasteiger partial charge in [0.25, 0.3) is 0 Å². The van der Waals surface area contributed by atoms with Crippen LogP contribution in [-0.2, 0) is 4.79 Å². The summed E-state index contributed by atoms with van der Waals surface area (Å²) in [6, 6.07) is 0. The van der Waals surface area contributed by atoms with E-state index in [1.807, 2.05) is 11.9 Å². The lowest BCUT2D eigenvalue weighted by atomic mass is 9.94. The topological polar surface area (TPSA) is 32.3 Å². The Morgan fingerprint density at radius 3 is 2.28 bits per heavy atom. The molecule has 1 aliphatic heterocycles. The van der Waals surface area contributed by atoms with Gasteiger partial charge in [0.05, 0.1) is 0 Å². The quantitative estimate of drug-likeness (QED) is 0.757. The summed E-state index contributed by atoms with van der Waals surface area (Å²) < 4.78 is 0. The van der Waals surface area contributed by atoms with Crippen LogP contribution in [0.15, 0.2) is 0 Å². The summed E-state index contributed by atoms with van der Waals surface area (Å²) in [5.41, 5.74) is 0. The van der Waals surface area contributed by atoms with Gasteiger partial charge in [-0.2, -0.15) is 0 Å². The molecule has 0 atom stereocenters. The monoisotopic (exact) mass is 254 g/mol. The highest BCUT2D eigenvalue weighted by Crippen LogP contribution is 2.19. The maximum absolute atomic E-state index is 12.4. The summed E-state index contributed by atoms with van der Waals surface area (Å²) in [5, 5.41) is 3.38. The van der Waals surface area contributed by atoms with Crippen LogP contribution in [0.25, 0.3) is 0 Å². The first-order chi connectivity index (χ1) is 8.69. The number of carbonyl (C=O) groups is 1. The van der Waals surface area contributed by atoms with Crippen molar-refractivity contribution in [2.24, 2.45) is 11.8 Å². The first-order valence-electron chi connectivity index (χ1n) is 7.64. The minimum Gasteiger partial charge on any atom is -0.345 e. The molecule has 0 bridgehead atoms. The molecule has 0 radical (unpaired) electrons. The third-order valence-corrected chi connectivity index (χ3v) is 3.99. The normalized spacial score (nSPS) is 17.1. The van der Waals surface area contributed by atoms with Crippen LogP contribution in [0.4, 0.5) is 0 Å². The van der Waals surface area contributed by atoms with Crippen LogP contribution in [0.2, 0.25) is 0 Å². The van der Waals surface area contributed by atoms with Crippen LogP contribution in [0.5, 0.6) is 0 Å². The van der Waals surface area contributed by atoms with Crippen LogP contribution < -0.4 is 5.32 Å². The van der Waals surface area contributed by atoms with Gasteiger partial charge in [0.15, 0.2) is 0 Å². The van der Waals surface area contributed by atoms with E-state index in [4.69, 9.17) is 0 Å². The van der Waals surface area contributed by atoms with Gasteiger partial charge in [-0.15, -0.1) is 0 Å². The molecule has 3 nitrogen and oxygen atoms in total. The molecule has 0 aromatic heterocycles. The van der Waals surface area contributed by atoms with Crippen LogP contribution in [0, 0.1) is 11.8 Å². The van der Waals surface area contributed by atoms with E-state index in [1.54, 1.807) is 0 Å². The van der Waals surface area contributed by atoms with Crippen molar-refractivity contribution < 1.29 is 4.79 Å². The Kier molecular flexibility index (Phi) is 7.33. The maximum atomic E-state index is 12.4. The standard InChI is InChI=1S/C15H30N2O/c1-4-6-14(7-5-2)15(18)17(3)12-13-8-10-16-11-9-13/h13-14,16H,4-12H2,1-3H3. The van der Waals surface area contributed by atoms with Crippen molar-refractivity contribution in [2.75, 3.05) is 26.7 Å². The van der Waals surface area contributed by atoms with Gasteiger partial charge in [0, 0.05) is 19.5 Å². The minimum absolute atomic E-state index is 0.256. The summed E-state index contributed by atoms with van der Waals surface area (Å²) >= 11 is 0. The van der Waals surface area contributed by atoms with Crippen LogP contribution in [0.1, 0.15) is 52.4 Å². The predicted octanol–water partition coefficient (Wildman–Crippen LogP) is 2.66. The van der Waals surface area contributed by atoms with Gasteiger partial charge >= 0.3 is 0 Å². The molecule has 1 rings (SSSR count).